The van der Waals surface area contributed by atoms with Crippen LogP contribution in [0.25, 0.3) is 0 Å². The molecule has 16 heteroatoms. The van der Waals surface area contributed by atoms with Crippen LogP contribution in [0.4, 0.5) is 26.3 Å². The van der Waals surface area contributed by atoms with Gasteiger partial charge in [-0.15, -0.1) is 0 Å². The van der Waals surface area contributed by atoms with Crippen LogP contribution in [-0.2, 0) is 19.7 Å². The average molecular weight is 503 g/mol. The molecule has 174 valence electrons. The Morgan fingerprint density at radius 2 is 1.16 bits per heavy atom. The lowest BCUT2D eigenvalue weighted by atomic mass is 10.2. The zero-order valence-corrected chi connectivity index (χ0v) is 16.9. The first-order valence-corrected chi connectivity index (χ1v) is 10.7. The van der Waals surface area contributed by atoms with Crippen molar-refractivity contribution in [3.05, 3.63) is 59.7 Å². The molecule has 0 aliphatic rings. The Hall–Kier alpha value is -3.32. The van der Waals surface area contributed by atoms with Gasteiger partial charge in [0.15, 0.2) is 5.84 Å². The number of oxime groups is 1. The molecule has 0 fully saturated rings. The van der Waals surface area contributed by atoms with Crippen molar-refractivity contribution in [3.8, 4) is 6.07 Å². The molecule has 0 bridgehead atoms. The van der Waals surface area contributed by atoms with E-state index in [-0.39, 0.29) is 17.0 Å². The fourth-order valence-corrected chi connectivity index (χ4v) is 3.36. The van der Waals surface area contributed by atoms with Gasteiger partial charge >= 0.3 is 11.0 Å². The van der Waals surface area contributed by atoms with Gasteiger partial charge in [-0.3, -0.25) is 0 Å². The normalized spacial score (nSPS) is 13.0. The predicted molar refractivity (Wildman–Crippen MR) is 96.6 cm³/mol. The smallest absolute Gasteiger partial charge is 0.409 e. The number of nitrogens with two attached hydrogens (primary N) is 1. The second-order valence-electron chi connectivity index (χ2n) is 5.54. The van der Waals surface area contributed by atoms with Crippen molar-refractivity contribution in [2.24, 2.45) is 10.9 Å². The largest absolute Gasteiger partial charge is 0.501 e. The summed E-state index contributed by atoms with van der Waals surface area (Å²) < 4.78 is 116. The Morgan fingerprint density at radius 1 is 0.812 bits per heavy atom. The monoisotopic (exact) mass is 503 g/mol. The lowest BCUT2D eigenvalue weighted by Gasteiger charge is -2.08. The van der Waals surface area contributed by atoms with Crippen LogP contribution >= 0.6 is 0 Å². The van der Waals surface area contributed by atoms with Gasteiger partial charge in [0.05, 0.1) is 21.4 Å². The standard InChI is InChI=1S/C8H7F3N2O3S.C8H4F3NO2S/c9-8(10,11)17(15,16)6-3-1-5(2-4-6)7(12)13-14;9-8(10,11)15(13,14)7-3-1-6(5-12)2-4-7/h1-4,14H,(H2,12,13);1-4H. The molecular weight excluding hydrogens is 492 g/mol. The number of nitrogens with zero attached hydrogens (tertiary/aromatic N) is 2. The SMILES string of the molecule is N#Cc1ccc(S(=O)(=O)C(F)(F)F)cc1.NC(=NO)c1ccc(S(=O)(=O)C(F)(F)F)cc1. The molecule has 0 aliphatic heterocycles. The van der Waals surface area contributed by atoms with Gasteiger partial charge in [0.2, 0.25) is 0 Å². The van der Waals surface area contributed by atoms with Crippen molar-refractivity contribution in [3.63, 3.8) is 0 Å². The van der Waals surface area contributed by atoms with Gasteiger partial charge in [-0.05, 0) is 48.5 Å². The van der Waals surface area contributed by atoms with Crippen molar-refractivity contribution in [2.45, 2.75) is 20.8 Å². The lowest BCUT2D eigenvalue weighted by Crippen LogP contribution is -2.23. The number of halogens is 6. The Kier molecular flexibility index (Phi) is 7.88. The number of sulfone groups is 2. The van der Waals surface area contributed by atoms with Crippen molar-refractivity contribution in [2.75, 3.05) is 0 Å². The second kappa shape index (κ2) is 9.44. The summed E-state index contributed by atoms with van der Waals surface area (Å²) >= 11 is 0. The molecule has 2 aromatic rings. The minimum absolute atomic E-state index is 0.0936. The molecule has 32 heavy (non-hydrogen) atoms. The Balaban J connectivity index is 0.000000323. The zero-order chi connectivity index (χ0) is 25.0. The lowest BCUT2D eigenvalue weighted by molar-refractivity contribution is -0.0442. The number of nitriles is 1. The molecule has 2 aromatic carbocycles. The van der Waals surface area contributed by atoms with Gasteiger partial charge in [0.1, 0.15) is 0 Å². The van der Waals surface area contributed by atoms with Crippen LogP contribution in [-0.4, -0.2) is 38.9 Å². The highest BCUT2D eigenvalue weighted by Gasteiger charge is 2.47. The van der Waals surface area contributed by atoms with Gasteiger partial charge in [0, 0.05) is 5.56 Å². The van der Waals surface area contributed by atoms with Crippen LogP contribution in [0.5, 0.6) is 0 Å². The highest BCUT2D eigenvalue weighted by Crippen LogP contribution is 2.31. The van der Waals surface area contributed by atoms with Crippen LogP contribution in [0, 0.1) is 11.3 Å². The second-order valence-corrected chi connectivity index (χ2v) is 9.43. The molecule has 2 rings (SSSR count). The van der Waals surface area contributed by atoms with E-state index in [0.717, 1.165) is 48.5 Å². The van der Waals surface area contributed by atoms with Crippen molar-refractivity contribution < 1.29 is 48.4 Å². The van der Waals surface area contributed by atoms with Gasteiger partial charge in [-0.2, -0.15) is 31.6 Å². The van der Waals surface area contributed by atoms with Crippen LogP contribution in [0.2, 0.25) is 0 Å². The fraction of sp³-hybridized carbons (Fsp3) is 0.125. The molecule has 0 aliphatic carbocycles. The third-order valence-electron chi connectivity index (χ3n) is 3.47. The number of alkyl halides is 6. The van der Waals surface area contributed by atoms with Crippen LogP contribution in [0.1, 0.15) is 11.1 Å². The third-order valence-corrected chi connectivity index (χ3v) is 6.48. The van der Waals surface area contributed by atoms with Crippen molar-refractivity contribution in [1.29, 1.82) is 5.26 Å². The van der Waals surface area contributed by atoms with Crippen molar-refractivity contribution in [1.82, 2.24) is 0 Å². The summed E-state index contributed by atoms with van der Waals surface area (Å²) in [6.45, 7) is 0. The number of benzene rings is 2. The molecule has 3 N–H and O–H groups in total. The zero-order valence-electron chi connectivity index (χ0n) is 15.3. The van der Waals surface area contributed by atoms with E-state index in [1.807, 2.05) is 0 Å². The molecular formula is C16H11F6N3O5S2. The molecule has 0 atom stereocenters. The Labute approximate surface area is 177 Å². The minimum Gasteiger partial charge on any atom is -0.409 e. The molecule has 0 unspecified atom stereocenters. The first-order chi connectivity index (χ1) is 14.5. The van der Waals surface area contributed by atoms with E-state index in [2.05, 4.69) is 5.16 Å². The molecule has 0 radical (unpaired) electrons. The van der Waals surface area contributed by atoms with Gasteiger partial charge in [-0.25, -0.2) is 16.8 Å². The quantitative estimate of drug-likeness (QED) is 0.215. The topological polar surface area (TPSA) is 151 Å². The van der Waals surface area contributed by atoms with Crippen molar-refractivity contribution >= 4 is 25.5 Å². The first-order valence-electron chi connectivity index (χ1n) is 7.70. The predicted octanol–water partition coefficient (Wildman–Crippen LogP) is 2.93. The van der Waals surface area contributed by atoms with E-state index in [0.29, 0.717) is 0 Å². The van der Waals surface area contributed by atoms with E-state index in [1.165, 1.54) is 0 Å². The minimum atomic E-state index is -5.37. The molecule has 0 saturated carbocycles. The number of amidine groups is 1. The Bertz CT molecular complexity index is 1230. The van der Waals surface area contributed by atoms with Gasteiger partial charge in [-0.1, -0.05) is 5.16 Å². The molecule has 0 spiro atoms. The highest BCUT2D eigenvalue weighted by atomic mass is 32.2. The number of hydrogen-bond acceptors (Lipinski definition) is 7. The van der Waals surface area contributed by atoms with Crippen LogP contribution in [0.15, 0.2) is 63.5 Å². The maximum Gasteiger partial charge on any atom is 0.501 e. The number of hydrogen-bond donors (Lipinski definition) is 2. The summed E-state index contributed by atoms with van der Waals surface area (Å²) in [5, 5.41) is 19.3. The summed E-state index contributed by atoms with van der Waals surface area (Å²) in [5.74, 6) is -0.332. The highest BCUT2D eigenvalue weighted by molar-refractivity contribution is 7.92. The van der Waals surface area contributed by atoms with E-state index < -0.39 is 40.5 Å². The average Bonchev–Trinajstić information content (AvgIpc) is 2.72. The van der Waals surface area contributed by atoms with E-state index in [9.17, 15) is 43.2 Å². The molecule has 0 saturated heterocycles. The van der Waals surface area contributed by atoms with E-state index in [1.54, 1.807) is 6.07 Å². The maximum absolute atomic E-state index is 12.2. The van der Waals surface area contributed by atoms with E-state index >= 15 is 0 Å². The fourth-order valence-electron chi connectivity index (χ4n) is 1.84. The van der Waals surface area contributed by atoms with Crippen LogP contribution < -0.4 is 5.73 Å². The van der Waals surface area contributed by atoms with E-state index in [4.69, 9.17) is 16.2 Å². The summed E-state index contributed by atoms with van der Waals surface area (Å²) in [6.07, 6.45) is 0. The molecule has 0 aromatic heterocycles. The maximum atomic E-state index is 12.2. The summed E-state index contributed by atoms with van der Waals surface area (Å²) in [4.78, 5) is -1.77. The molecule has 0 amide bonds. The Morgan fingerprint density at radius 3 is 1.44 bits per heavy atom. The molecule has 8 nitrogen and oxygen atoms in total. The summed E-state index contributed by atoms with van der Waals surface area (Å²) in [5.41, 5.74) is -5.31. The summed E-state index contributed by atoms with van der Waals surface area (Å²) in [7, 11) is -10.7. The third kappa shape index (κ3) is 5.88. The first kappa shape index (κ1) is 26.7. The molecule has 0 heterocycles. The number of rotatable bonds is 3. The summed E-state index contributed by atoms with van der Waals surface area (Å²) in [6, 6.07) is 8.68. The van der Waals surface area contributed by atoms with Gasteiger partial charge < -0.3 is 10.9 Å². The van der Waals surface area contributed by atoms with Crippen LogP contribution in [0.3, 0.4) is 0 Å². The van der Waals surface area contributed by atoms with Gasteiger partial charge in [0.25, 0.3) is 19.7 Å².